The van der Waals surface area contributed by atoms with E-state index in [0.29, 0.717) is 38.6 Å². The van der Waals surface area contributed by atoms with Crippen LogP contribution in [-0.4, -0.2) is 60.1 Å². The Labute approximate surface area is 213 Å². The minimum Gasteiger partial charge on any atom is -0.391 e. The number of carbonyl (C=O) groups is 3. The van der Waals surface area contributed by atoms with Crippen LogP contribution >= 0.6 is 0 Å². The second kappa shape index (κ2) is 15.7. The van der Waals surface area contributed by atoms with E-state index in [1.807, 2.05) is 60.7 Å². The van der Waals surface area contributed by atoms with Crippen LogP contribution in [0.1, 0.15) is 37.3 Å². The Balaban J connectivity index is 1.87. The maximum atomic E-state index is 12.9. The average molecular weight is 498 g/mol. The molecule has 0 bridgehead atoms. The lowest BCUT2D eigenvalue weighted by Crippen LogP contribution is -2.55. The van der Waals surface area contributed by atoms with Gasteiger partial charge in [0.25, 0.3) is 0 Å². The van der Waals surface area contributed by atoms with Crippen LogP contribution in [0.25, 0.3) is 0 Å². The van der Waals surface area contributed by atoms with Crippen molar-refractivity contribution >= 4 is 17.7 Å². The van der Waals surface area contributed by atoms with E-state index in [9.17, 15) is 19.5 Å². The fourth-order valence-electron chi connectivity index (χ4n) is 3.71. The Hall–Kier alpha value is -3.27. The molecular weight excluding hydrogens is 458 g/mol. The number of aliphatic hydroxyl groups excluding tert-OH is 1. The summed E-state index contributed by atoms with van der Waals surface area (Å²) in [5.74, 6) is -1.34. The van der Waals surface area contributed by atoms with Crippen molar-refractivity contribution in [3.63, 3.8) is 0 Å². The van der Waals surface area contributed by atoms with Gasteiger partial charge in [-0.05, 0) is 50.3 Å². The molecule has 2 rings (SSSR count). The zero-order chi connectivity index (χ0) is 26.3. The third-order valence-corrected chi connectivity index (χ3v) is 5.79. The first-order valence-corrected chi connectivity index (χ1v) is 12.4. The summed E-state index contributed by atoms with van der Waals surface area (Å²) in [5.41, 5.74) is 13.5. The van der Waals surface area contributed by atoms with Crippen molar-refractivity contribution in [2.24, 2.45) is 11.5 Å². The van der Waals surface area contributed by atoms with E-state index in [4.69, 9.17) is 11.5 Å². The molecule has 2 aromatic rings. The molecule has 0 saturated carbocycles. The lowest BCUT2D eigenvalue weighted by molar-refractivity contribution is -0.132. The van der Waals surface area contributed by atoms with Crippen LogP contribution in [0.2, 0.25) is 0 Å². The fourth-order valence-corrected chi connectivity index (χ4v) is 3.71. The van der Waals surface area contributed by atoms with E-state index >= 15 is 0 Å². The summed E-state index contributed by atoms with van der Waals surface area (Å²) in [4.78, 5) is 38.1. The van der Waals surface area contributed by atoms with Gasteiger partial charge in [-0.15, -0.1) is 0 Å². The highest BCUT2D eigenvalue weighted by Gasteiger charge is 2.26. The molecule has 2 aromatic carbocycles. The first-order chi connectivity index (χ1) is 17.3. The van der Waals surface area contributed by atoms with Crippen molar-refractivity contribution in [2.75, 3.05) is 13.1 Å². The van der Waals surface area contributed by atoms with Gasteiger partial charge in [0.1, 0.15) is 12.1 Å². The molecule has 1 unspecified atom stereocenters. The number of rotatable bonds is 15. The van der Waals surface area contributed by atoms with Gasteiger partial charge >= 0.3 is 0 Å². The molecule has 3 amide bonds. The monoisotopic (exact) mass is 497 g/mol. The van der Waals surface area contributed by atoms with Crippen LogP contribution in [-0.2, 0) is 27.2 Å². The van der Waals surface area contributed by atoms with Crippen molar-refractivity contribution in [1.82, 2.24) is 16.0 Å². The maximum Gasteiger partial charge on any atom is 0.243 e. The van der Waals surface area contributed by atoms with Crippen molar-refractivity contribution in [2.45, 2.75) is 63.3 Å². The summed E-state index contributed by atoms with van der Waals surface area (Å²) in [6.07, 6.45) is 1.69. The molecule has 9 heteroatoms. The van der Waals surface area contributed by atoms with E-state index in [-0.39, 0.29) is 6.54 Å². The highest BCUT2D eigenvalue weighted by atomic mass is 16.3. The number of nitrogens with two attached hydrogens (primary N) is 2. The Kier molecular flexibility index (Phi) is 12.6. The Morgan fingerprint density at radius 3 is 2.00 bits per heavy atom. The lowest BCUT2D eigenvalue weighted by atomic mass is 10.0. The first kappa shape index (κ1) is 29.0. The van der Waals surface area contributed by atoms with Crippen LogP contribution in [0, 0.1) is 0 Å². The van der Waals surface area contributed by atoms with Crippen LogP contribution in [0.5, 0.6) is 0 Å². The second-order valence-electron chi connectivity index (χ2n) is 8.96. The fraction of sp³-hybridized carbons (Fsp3) is 0.444. The largest absolute Gasteiger partial charge is 0.391 e. The highest BCUT2D eigenvalue weighted by molar-refractivity contribution is 5.92. The van der Waals surface area contributed by atoms with E-state index in [1.165, 1.54) is 0 Å². The zero-order valence-electron chi connectivity index (χ0n) is 20.9. The topological polar surface area (TPSA) is 160 Å². The average Bonchev–Trinajstić information content (AvgIpc) is 2.87. The standard InChI is InChI=1S/C27H39N5O4/c1-19(25(34)30-18-22(33)16-20-10-4-2-5-11-20)31-27(36)24(14-8-9-15-28)32-26(35)23(29)17-21-12-6-3-7-13-21/h2-7,10-13,19,22-24,33H,8-9,14-18,28-29H2,1H3,(H,30,34)(H,31,36)(H,32,35)/t19-,22?,23-,24-/m0/s1. The van der Waals surface area contributed by atoms with Gasteiger partial charge in [-0.3, -0.25) is 14.4 Å². The summed E-state index contributed by atoms with van der Waals surface area (Å²) in [6.45, 7) is 2.08. The van der Waals surface area contributed by atoms with Gasteiger partial charge in [0.15, 0.2) is 0 Å². The predicted octanol–water partition coefficient (Wildman–Crippen LogP) is 0.395. The summed E-state index contributed by atoms with van der Waals surface area (Å²) >= 11 is 0. The van der Waals surface area contributed by atoms with Crippen LogP contribution in [0.3, 0.4) is 0 Å². The van der Waals surface area contributed by atoms with Crippen LogP contribution < -0.4 is 27.4 Å². The predicted molar refractivity (Wildman–Crippen MR) is 140 cm³/mol. The summed E-state index contributed by atoms with van der Waals surface area (Å²) < 4.78 is 0. The number of carbonyl (C=O) groups excluding carboxylic acids is 3. The molecule has 0 heterocycles. The number of hydrogen-bond acceptors (Lipinski definition) is 6. The van der Waals surface area contributed by atoms with Crippen LogP contribution in [0.15, 0.2) is 60.7 Å². The van der Waals surface area contributed by atoms with Gasteiger partial charge < -0.3 is 32.5 Å². The molecule has 0 spiro atoms. The Bertz CT molecular complexity index is 942. The van der Waals surface area contributed by atoms with Crippen molar-refractivity contribution in [1.29, 1.82) is 0 Å². The van der Waals surface area contributed by atoms with Gasteiger partial charge in [0, 0.05) is 13.0 Å². The minimum atomic E-state index is -0.853. The van der Waals surface area contributed by atoms with Gasteiger partial charge in [-0.2, -0.15) is 0 Å². The molecule has 4 atom stereocenters. The van der Waals surface area contributed by atoms with Gasteiger partial charge in [-0.25, -0.2) is 0 Å². The van der Waals surface area contributed by atoms with E-state index in [1.54, 1.807) is 6.92 Å². The molecular formula is C27H39N5O4. The number of amides is 3. The van der Waals surface area contributed by atoms with Crippen molar-refractivity contribution < 1.29 is 19.5 Å². The molecule has 0 radical (unpaired) electrons. The van der Waals surface area contributed by atoms with E-state index in [2.05, 4.69) is 16.0 Å². The maximum absolute atomic E-state index is 12.9. The molecule has 8 N–H and O–H groups in total. The molecule has 0 aromatic heterocycles. The molecule has 0 fully saturated rings. The smallest absolute Gasteiger partial charge is 0.243 e. The van der Waals surface area contributed by atoms with Gasteiger partial charge in [-0.1, -0.05) is 60.7 Å². The Morgan fingerprint density at radius 2 is 1.42 bits per heavy atom. The molecule has 0 saturated heterocycles. The number of unbranched alkanes of at least 4 members (excludes halogenated alkanes) is 1. The Morgan fingerprint density at radius 1 is 0.833 bits per heavy atom. The molecule has 36 heavy (non-hydrogen) atoms. The SMILES string of the molecule is C[C@H](NC(=O)[C@H](CCCCN)NC(=O)[C@@H](N)Cc1ccccc1)C(=O)NCC(O)Cc1ccccc1. The quantitative estimate of drug-likeness (QED) is 0.195. The second-order valence-corrected chi connectivity index (χ2v) is 8.96. The van der Waals surface area contributed by atoms with Crippen molar-refractivity contribution in [3.05, 3.63) is 71.8 Å². The van der Waals surface area contributed by atoms with Crippen LogP contribution in [0.4, 0.5) is 0 Å². The molecule has 0 aliphatic rings. The summed E-state index contributed by atoms with van der Waals surface area (Å²) in [6, 6.07) is 16.3. The van der Waals surface area contributed by atoms with Gasteiger partial charge in [0.05, 0.1) is 12.1 Å². The highest BCUT2D eigenvalue weighted by Crippen LogP contribution is 2.06. The molecule has 196 valence electrons. The van der Waals surface area contributed by atoms with E-state index < -0.39 is 42.0 Å². The lowest BCUT2D eigenvalue weighted by Gasteiger charge is -2.23. The molecule has 0 aliphatic heterocycles. The number of aliphatic hydroxyl groups is 1. The summed E-state index contributed by atoms with van der Waals surface area (Å²) in [5, 5.41) is 18.3. The third-order valence-electron chi connectivity index (χ3n) is 5.79. The number of hydrogen-bond donors (Lipinski definition) is 6. The van der Waals surface area contributed by atoms with Gasteiger partial charge in [0.2, 0.25) is 17.7 Å². The minimum absolute atomic E-state index is 0.0545. The zero-order valence-corrected chi connectivity index (χ0v) is 20.9. The molecule has 0 aliphatic carbocycles. The first-order valence-electron chi connectivity index (χ1n) is 12.4. The van der Waals surface area contributed by atoms with Crippen molar-refractivity contribution in [3.8, 4) is 0 Å². The number of benzene rings is 2. The normalized spacial score (nSPS) is 14.2. The number of nitrogens with one attached hydrogen (secondary N) is 3. The third kappa shape index (κ3) is 10.6. The molecule has 9 nitrogen and oxygen atoms in total. The van der Waals surface area contributed by atoms with E-state index in [0.717, 1.165) is 11.1 Å². The summed E-state index contributed by atoms with van der Waals surface area (Å²) in [7, 11) is 0.